The topological polar surface area (TPSA) is 41.8 Å². The van der Waals surface area contributed by atoms with E-state index in [1.165, 1.54) is 4.90 Å². The summed E-state index contributed by atoms with van der Waals surface area (Å²) in [6, 6.07) is 17.6. The molecule has 0 amide bonds. The quantitative estimate of drug-likeness (QED) is 0.502. The first-order chi connectivity index (χ1) is 9.83. The molecule has 1 N–H and O–H groups in total. The van der Waals surface area contributed by atoms with Crippen LogP contribution in [0.3, 0.4) is 0 Å². The van der Waals surface area contributed by atoms with E-state index in [0.29, 0.717) is 0 Å². The largest absolute Gasteiger partial charge is 0.392 e. The highest BCUT2D eigenvalue weighted by molar-refractivity contribution is 7.98. The zero-order valence-electron chi connectivity index (χ0n) is 11.3. The summed E-state index contributed by atoms with van der Waals surface area (Å²) in [4.78, 5) is 6.54. The van der Waals surface area contributed by atoms with Crippen molar-refractivity contribution in [3.63, 3.8) is 0 Å². The molecule has 0 spiro atoms. The summed E-state index contributed by atoms with van der Waals surface area (Å²) in [7, 11) is 0. The zero-order valence-corrected chi connectivity index (χ0v) is 12.1. The van der Waals surface area contributed by atoms with Gasteiger partial charge in [0.2, 0.25) is 0 Å². The molecule has 0 aliphatic rings. The first kappa shape index (κ1) is 14.6. The SMILES string of the molecule is CSc1cccc(/C=N/O[C@H](CO)c2ccccc2)c1. The van der Waals surface area contributed by atoms with Crippen LogP contribution in [0.4, 0.5) is 0 Å². The lowest BCUT2D eigenvalue weighted by Crippen LogP contribution is -2.05. The molecule has 0 aliphatic heterocycles. The Balaban J connectivity index is 2.01. The van der Waals surface area contributed by atoms with Crippen molar-refractivity contribution in [2.75, 3.05) is 12.9 Å². The summed E-state index contributed by atoms with van der Waals surface area (Å²) in [5.74, 6) is 0. The molecule has 0 unspecified atom stereocenters. The third kappa shape index (κ3) is 4.11. The van der Waals surface area contributed by atoms with Crippen LogP contribution >= 0.6 is 11.8 Å². The third-order valence-corrected chi connectivity index (χ3v) is 3.55. The Hall–Kier alpha value is -1.78. The Labute approximate surface area is 123 Å². The van der Waals surface area contributed by atoms with E-state index in [9.17, 15) is 5.11 Å². The molecule has 20 heavy (non-hydrogen) atoms. The third-order valence-electron chi connectivity index (χ3n) is 2.82. The molecule has 0 aliphatic carbocycles. The average molecular weight is 287 g/mol. The van der Waals surface area contributed by atoms with Crippen molar-refractivity contribution in [1.82, 2.24) is 0 Å². The first-order valence-corrected chi connectivity index (χ1v) is 7.55. The van der Waals surface area contributed by atoms with Gasteiger partial charge in [0.25, 0.3) is 0 Å². The number of nitrogens with zero attached hydrogens (tertiary/aromatic N) is 1. The molecular weight excluding hydrogens is 270 g/mol. The zero-order chi connectivity index (χ0) is 14.2. The molecule has 0 fully saturated rings. The maximum Gasteiger partial charge on any atom is 0.175 e. The van der Waals surface area contributed by atoms with Gasteiger partial charge in [-0.3, -0.25) is 0 Å². The second-order valence-corrected chi connectivity index (χ2v) is 5.08. The number of rotatable bonds is 6. The monoisotopic (exact) mass is 287 g/mol. The van der Waals surface area contributed by atoms with Crippen LogP contribution in [0.2, 0.25) is 0 Å². The highest BCUT2D eigenvalue weighted by Gasteiger charge is 2.10. The van der Waals surface area contributed by atoms with E-state index in [0.717, 1.165) is 11.1 Å². The van der Waals surface area contributed by atoms with Crippen molar-refractivity contribution >= 4 is 18.0 Å². The normalized spacial score (nSPS) is 12.5. The molecule has 0 aromatic heterocycles. The Morgan fingerprint density at radius 3 is 2.70 bits per heavy atom. The van der Waals surface area contributed by atoms with Crippen LogP contribution in [0.1, 0.15) is 17.2 Å². The van der Waals surface area contributed by atoms with Gasteiger partial charge in [0.15, 0.2) is 6.10 Å². The summed E-state index contributed by atoms with van der Waals surface area (Å²) in [6.45, 7) is -0.105. The molecule has 0 saturated heterocycles. The molecule has 2 aromatic rings. The highest BCUT2D eigenvalue weighted by Crippen LogP contribution is 2.17. The van der Waals surface area contributed by atoms with Gasteiger partial charge in [0.05, 0.1) is 12.8 Å². The number of oxime groups is 1. The fourth-order valence-electron chi connectivity index (χ4n) is 1.75. The summed E-state index contributed by atoms with van der Waals surface area (Å²) >= 11 is 1.68. The molecule has 3 nitrogen and oxygen atoms in total. The van der Waals surface area contributed by atoms with Gasteiger partial charge >= 0.3 is 0 Å². The molecule has 0 radical (unpaired) electrons. The van der Waals surface area contributed by atoms with Gasteiger partial charge in [-0.05, 0) is 29.5 Å². The lowest BCUT2D eigenvalue weighted by Gasteiger charge is -2.11. The van der Waals surface area contributed by atoms with E-state index in [1.54, 1.807) is 18.0 Å². The molecule has 104 valence electrons. The maximum absolute atomic E-state index is 9.36. The second-order valence-electron chi connectivity index (χ2n) is 4.20. The van der Waals surface area contributed by atoms with Crippen LogP contribution in [0.5, 0.6) is 0 Å². The van der Waals surface area contributed by atoms with E-state index >= 15 is 0 Å². The van der Waals surface area contributed by atoms with Crippen LogP contribution in [0.25, 0.3) is 0 Å². The molecule has 1 atom stereocenters. The molecule has 0 bridgehead atoms. The van der Waals surface area contributed by atoms with Crippen molar-refractivity contribution < 1.29 is 9.94 Å². The van der Waals surface area contributed by atoms with E-state index in [4.69, 9.17) is 4.84 Å². The molecular formula is C16H17NO2S. The lowest BCUT2D eigenvalue weighted by atomic mass is 10.1. The van der Waals surface area contributed by atoms with E-state index in [1.807, 2.05) is 60.9 Å². The fraction of sp³-hybridized carbons (Fsp3) is 0.188. The minimum absolute atomic E-state index is 0.105. The van der Waals surface area contributed by atoms with Crippen LogP contribution in [0.15, 0.2) is 64.6 Å². The number of thioether (sulfide) groups is 1. The summed E-state index contributed by atoms with van der Waals surface area (Å²) in [5, 5.41) is 13.3. The Morgan fingerprint density at radius 2 is 2.00 bits per heavy atom. The van der Waals surface area contributed by atoms with Crippen LogP contribution in [-0.2, 0) is 4.84 Å². The number of aliphatic hydroxyl groups is 1. The minimum Gasteiger partial charge on any atom is -0.392 e. The first-order valence-electron chi connectivity index (χ1n) is 6.32. The van der Waals surface area contributed by atoms with Crippen LogP contribution < -0.4 is 0 Å². The predicted octanol–water partition coefficient (Wildman–Crippen LogP) is 3.49. The summed E-state index contributed by atoms with van der Waals surface area (Å²) in [6.07, 6.45) is 3.26. The van der Waals surface area contributed by atoms with Gasteiger partial charge < -0.3 is 9.94 Å². The molecule has 2 aromatic carbocycles. The van der Waals surface area contributed by atoms with Crippen molar-refractivity contribution in [2.45, 2.75) is 11.0 Å². The van der Waals surface area contributed by atoms with Gasteiger partial charge in [0, 0.05) is 4.90 Å². The molecule has 0 heterocycles. The van der Waals surface area contributed by atoms with Crippen molar-refractivity contribution in [2.24, 2.45) is 5.16 Å². The van der Waals surface area contributed by atoms with Gasteiger partial charge in [-0.1, -0.05) is 47.6 Å². The Morgan fingerprint density at radius 1 is 1.20 bits per heavy atom. The fourth-order valence-corrected chi connectivity index (χ4v) is 2.22. The number of aliphatic hydroxyl groups excluding tert-OH is 1. The number of benzene rings is 2. The summed E-state index contributed by atoms with van der Waals surface area (Å²) in [5.41, 5.74) is 1.88. The second kappa shape index (κ2) is 7.72. The standard InChI is InChI=1S/C16H17NO2S/c1-20-15-9-5-6-13(10-15)11-17-19-16(12-18)14-7-3-2-4-8-14/h2-11,16,18H,12H2,1H3/b17-11+/t16-/m1/s1. The Kier molecular flexibility index (Phi) is 5.65. The smallest absolute Gasteiger partial charge is 0.175 e. The van der Waals surface area contributed by atoms with Crippen molar-refractivity contribution in [1.29, 1.82) is 0 Å². The molecule has 2 rings (SSSR count). The number of hydrogen-bond donors (Lipinski definition) is 1. The predicted molar refractivity (Wildman–Crippen MR) is 83.2 cm³/mol. The van der Waals surface area contributed by atoms with E-state index < -0.39 is 6.10 Å². The van der Waals surface area contributed by atoms with Gasteiger partial charge in [-0.2, -0.15) is 0 Å². The average Bonchev–Trinajstić information content (AvgIpc) is 2.52. The van der Waals surface area contributed by atoms with Gasteiger partial charge in [0.1, 0.15) is 0 Å². The Bertz CT molecular complexity index is 557. The van der Waals surface area contributed by atoms with Gasteiger partial charge in [-0.25, -0.2) is 0 Å². The van der Waals surface area contributed by atoms with Crippen LogP contribution in [0, 0.1) is 0 Å². The van der Waals surface area contributed by atoms with Crippen molar-refractivity contribution in [3.05, 3.63) is 65.7 Å². The van der Waals surface area contributed by atoms with E-state index in [-0.39, 0.29) is 6.61 Å². The van der Waals surface area contributed by atoms with E-state index in [2.05, 4.69) is 5.16 Å². The van der Waals surface area contributed by atoms with Crippen LogP contribution in [-0.4, -0.2) is 24.2 Å². The highest BCUT2D eigenvalue weighted by atomic mass is 32.2. The maximum atomic E-state index is 9.36. The van der Waals surface area contributed by atoms with Crippen molar-refractivity contribution in [3.8, 4) is 0 Å². The summed E-state index contributed by atoms with van der Waals surface area (Å²) < 4.78 is 0. The number of hydrogen-bond acceptors (Lipinski definition) is 4. The molecule has 4 heteroatoms. The van der Waals surface area contributed by atoms with Gasteiger partial charge in [-0.15, -0.1) is 11.8 Å². The minimum atomic E-state index is -0.434. The molecule has 0 saturated carbocycles. The lowest BCUT2D eigenvalue weighted by molar-refractivity contribution is 0.0163.